The van der Waals surface area contributed by atoms with E-state index in [1.807, 2.05) is 0 Å². The molecule has 2 nitrogen and oxygen atoms in total. The lowest BCUT2D eigenvalue weighted by Crippen LogP contribution is -2.50. The zero-order valence-corrected chi connectivity index (χ0v) is 12.0. The second-order valence-electron chi connectivity index (χ2n) is 6.27. The third-order valence-electron chi connectivity index (χ3n) is 4.40. The first-order chi connectivity index (χ1) is 9.35. The van der Waals surface area contributed by atoms with E-state index in [0.29, 0.717) is 6.04 Å². The van der Waals surface area contributed by atoms with E-state index in [0.717, 1.165) is 12.0 Å². The number of nitrogens with zero attached hydrogens (tertiary/aromatic N) is 1. The number of para-hydroxylation sites is 1. The minimum absolute atomic E-state index is 0.693. The van der Waals surface area contributed by atoms with E-state index >= 15 is 0 Å². The minimum Gasteiger partial charge on any atom is -0.370 e. The highest BCUT2D eigenvalue weighted by molar-refractivity contribution is 5.46. The van der Waals surface area contributed by atoms with E-state index in [1.54, 1.807) is 0 Å². The van der Waals surface area contributed by atoms with Crippen LogP contribution in [0.4, 0.5) is 5.69 Å². The molecule has 2 unspecified atom stereocenters. The molecule has 1 heterocycles. The Balaban J connectivity index is 1.67. The lowest BCUT2D eigenvalue weighted by Gasteiger charge is -2.39. The van der Waals surface area contributed by atoms with Crippen molar-refractivity contribution in [3.63, 3.8) is 0 Å². The zero-order valence-electron chi connectivity index (χ0n) is 12.0. The molecule has 2 atom stereocenters. The summed E-state index contributed by atoms with van der Waals surface area (Å²) >= 11 is 0. The van der Waals surface area contributed by atoms with Gasteiger partial charge in [0.1, 0.15) is 0 Å². The summed E-state index contributed by atoms with van der Waals surface area (Å²) in [4.78, 5) is 2.59. The molecule has 3 rings (SSSR count). The third-order valence-corrected chi connectivity index (χ3v) is 4.40. The molecule has 19 heavy (non-hydrogen) atoms. The molecule has 2 heteroatoms. The molecule has 2 fully saturated rings. The van der Waals surface area contributed by atoms with Crippen molar-refractivity contribution in [3.05, 3.63) is 30.3 Å². The number of nitrogens with one attached hydrogen (secondary N) is 1. The highest BCUT2D eigenvalue weighted by atomic mass is 15.2. The van der Waals surface area contributed by atoms with Gasteiger partial charge in [0.15, 0.2) is 0 Å². The van der Waals surface area contributed by atoms with Crippen LogP contribution in [0.1, 0.15) is 39.0 Å². The van der Waals surface area contributed by atoms with Crippen molar-refractivity contribution in [2.45, 2.75) is 51.1 Å². The van der Waals surface area contributed by atoms with Gasteiger partial charge in [0, 0.05) is 30.9 Å². The number of hydrogen-bond acceptors (Lipinski definition) is 2. The number of hydrogen-bond donors (Lipinski definition) is 1. The van der Waals surface area contributed by atoms with E-state index < -0.39 is 0 Å². The Labute approximate surface area is 117 Å². The highest BCUT2D eigenvalue weighted by Crippen LogP contribution is 2.28. The van der Waals surface area contributed by atoms with Crippen molar-refractivity contribution in [1.82, 2.24) is 5.32 Å². The second-order valence-corrected chi connectivity index (χ2v) is 6.27. The highest BCUT2D eigenvalue weighted by Gasteiger charge is 2.31. The van der Waals surface area contributed by atoms with Crippen molar-refractivity contribution in [2.24, 2.45) is 5.92 Å². The van der Waals surface area contributed by atoms with Gasteiger partial charge in [0.25, 0.3) is 0 Å². The van der Waals surface area contributed by atoms with Gasteiger partial charge in [0.2, 0.25) is 0 Å². The molecule has 0 radical (unpaired) electrons. The lowest BCUT2D eigenvalue weighted by atomic mass is 9.90. The summed E-state index contributed by atoms with van der Waals surface area (Å²) < 4.78 is 0. The van der Waals surface area contributed by atoms with Gasteiger partial charge in [-0.2, -0.15) is 0 Å². The minimum atomic E-state index is 0.693. The van der Waals surface area contributed by atoms with Crippen LogP contribution in [-0.2, 0) is 0 Å². The fraction of sp³-hybridized carbons (Fsp3) is 0.647. The molecule has 104 valence electrons. The number of anilines is 1. The smallest absolute Gasteiger partial charge is 0.0366 e. The number of rotatable bonds is 5. The molecule has 1 saturated heterocycles. The van der Waals surface area contributed by atoms with Crippen LogP contribution < -0.4 is 10.2 Å². The summed E-state index contributed by atoms with van der Waals surface area (Å²) in [7, 11) is 0. The molecule has 1 aliphatic heterocycles. The topological polar surface area (TPSA) is 15.3 Å². The summed E-state index contributed by atoms with van der Waals surface area (Å²) in [6.07, 6.45) is 6.82. The Kier molecular flexibility index (Phi) is 4.07. The number of piperidine rings is 1. The van der Waals surface area contributed by atoms with Crippen molar-refractivity contribution in [1.29, 1.82) is 0 Å². The lowest BCUT2D eigenvalue weighted by molar-refractivity contribution is 0.316. The summed E-state index contributed by atoms with van der Waals surface area (Å²) in [5.41, 5.74) is 1.39. The Morgan fingerprint density at radius 1 is 1.11 bits per heavy atom. The van der Waals surface area contributed by atoms with E-state index in [9.17, 15) is 0 Å². The molecule has 1 aliphatic carbocycles. The quantitative estimate of drug-likeness (QED) is 0.870. The van der Waals surface area contributed by atoms with E-state index in [1.165, 1.54) is 50.9 Å². The normalized spacial score (nSPS) is 27.5. The first kappa shape index (κ1) is 13.0. The second kappa shape index (κ2) is 5.96. The predicted octanol–water partition coefficient (Wildman–Crippen LogP) is 3.43. The van der Waals surface area contributed by atoms with Crippen LogP contribution in [0.2, 0.25) is 0 Å². The maximum Gasteiger partial charge on any atom is 0.0366 e. The maximum absolute atomic E-state index is 3.84. The van der Waals surface area contributed by atoms with Crippen LogP contribution in [-0.4, -0.2) is 25.2 Å². The molecule has 1 N–H and O–H groups in total. The van der Waals surface area contributed by atoms with Crippen LogP contribution >= 0.6 is 0 Å². The SMILES string of the molecule is CCCC1CC(NC2CC2)CN(c2ccccc2)C1. The van der Waals surface area contributed by atoms with E-state index in [2.05, 4.69) is 47.5 Å². The molecule has 0 spiro atoms. The summed E-state index contributed by atoms with van der Waals surface area (Å²) in [5, 5.41) is 3.84. The van der Waals surface area contributed by atoms with Gasteiger partial charge in [0.05, 0.1) is 0 Å². The first-order valence-electron chi connectivity index (χ1n) is 7.91. The molecular weight excluding hydrogens is 232 g/mol. The molecule has 1 saturated carbocycles. The van der Waals surface area contributed by atoms with Gasteiger partial charge < -0.3 is 10.2 Å². The Morgan fingerprint density at radius 2 is 1.89 bits per heavy atom. The monoisotopic (exact) mass is 258 g/mol. The van der Waals surface area contributed by atoms with Gasteiger partial charge in [-0.3, -0.25) is 0 Å². The Bertz CT molecular complexity index is 386. The average Bonchev–Trinajstić information content (AvgIpc) is 3.24. The molecule has 0 aromatic heterocycles. The van der Waals surface area contributed by atoms with Gasteiger partial charge >= 0.3 is 0 Å². The van der Waals surface area contributed by atoms with Crippen molar-refractivity contribution < 1.29 is 0 Å². The Hall–Kier alpha value is -1.02. The summed E-state index contributed by atoms with van der Waals surface area (Å²) in [6, 6.07) is 12.4. The molecule has 1 aromatic carbocycles. The fourth-order valence-electron chi connectivity index (χ4n) is 3.37. The maximum atomic E-state index is 3.84. The Morgan fingerprint density at radius 3 is 2.58 bits per heavy atom. The average molecular weight is 258 g/mol. The third kappa shape index (κ3) is 3.50. The van der Waals surface area contributed by atoms with Gasteiger partial charge in [-0.25, -0.2) is 0 Å². The van der Waals surface area contributed by atoms with Gasteiger partial charge in [-0.05, 0) is 43.7 Å². The summed E-state index contributed by atoms with van der Waals surface area (Å²) in [5.74, 6) is 0.857. The van der Waals surface area contributed by atoms with Gasteiger partial charge in [-0.15, -0.1) is 0 Å². The standard InChI is InChI=1S/C17H26N2/c1-2-6-14-11-16(18-15-9-10-15)13-19(12-14)17-7-4-3-5-8-17/h3-5,7-8,14-16,18H,2,6,9-13H2,1H3. The van der Waals surface area contributed by atoms with Crippen LogP contribution in [0.25, 0.3) is 0 Å². The predicted molar refractivity (Wildman–Crippen MR) is 81.6 cm³/mol. The molecule has 2 aliphatic rings. The largest absolute Gasteiger partial charge is 0.370 e. The first-order valence-corrected chi connectivity index (χ1v) is 7.91. The van der Waals surface area contributed by atoms with Crippen LogP contribution in [0.5, 0.6) is 0 Å². The van der Waals surface area contributed by atoms with Crippen molar-refractivity contribution in [3.8, 4) is 0 Å². The van der Waals surface area contributed by atoms with Crippen LogP contribution in [0.3, 0.4) is 0 Å². The van der Waals surface area contributed by atoms with Crippen LogP contribution in [0, 0.1) is 5.92 Å². The number of benzene rings is 1. The molecule has 1 aromatic rings. The van der Waals surface area contributed by atoms with E-state index in [4.69, 9.17) is 0 Å². The molecule has 0 bridgehead atoms. The van der Waals surface area contributed by atoms with E-state index in [-0.39, 0.29) is 0 Å². The van der Waals surface area contributed by atoms with Crippen molar-refractivity contribution >= 4 is 5.69 Å². The molecular formula is C17H26N2. The summed E-state index contributed by atoms with van der Waals surface area (Å²) in [6.45, 7) is 4.73. The van der Waals surface area contributed by atoms with Gasteiger partial charge in [-0.1, -0.05) is 31.5 Å². The fourth-order valence-corrected chi connectivity index (χ4v) is 3.37. The van der Waals surface area contributed by atoms with Crippen LogP contribution in [0.15, 0.2) is 30.3 Å². The molecule has 0 amide bonds. The van der Waals surface area contributed by atoms with Crippen molar-refractivity contribution in [2.75, 3.05) is 18.0 Å². The zero-order chi connectivity index (χ0) is 13.1.